The highest BCUT2D eigenvalue weighted by atomic mass is 32.5. The van der Waals surface area contributed by atoms with Crippen molar-refractivity contribution < 1.29 is 9.05 Å². The predicted molar refractivity (Wildman–Crippen MR) is 94.1 cm³/mol. The summed E-state index contributed by atoms with van der Waals surface area (Å²) in [6.07, 6.45) is 2.05. The first-order valence-electron chi connectivity index (χ1n) is 7.20. The van der Waals surface area contributed by atoms with Crippen molar-refractivity contribution in [2.75, 3.05) is 6.66 Å². The summed E-state index contributed by atoms with van der Waals surface area (Å²) in [5.74, 6) is 1.69. The number of rotatable bonds is 6. The second-order valence-corrected chi connectivity index (χ2v) is 9.03. The van der Waals surface area contributed by atoms with Crippen molar-refractivity contribution in [1.29, 1.82) is 0 Å². The van der Waals surface area contributed by atoms with Crippen LogP contribution in [0.4, 0.5) is 0 Å². The molecule has 0 spiro atoms. The van der Waals surface area contributed by atoms with E-state index >= 15 is 0 Å². The van der Waals surface area contributed by atoms with Crippen LogP contribution in [0.1, 0.15) is 25.0 Å². The summed E-state index contributed by atoms with van der Waals surface area (Å²) in [6, 6.07) is 16.3. The minimum Gasteiger partial charge on any atom is -0.547 e. The van der Waals surface area contributed by atoms with Crippen molar-refractivity contribution in [3.05, 3.63) is 59.7 Å². The summed E-state index contributed by atoms with van der Waals surface area (Å²) in [4.78, 5) is 0. The Morgan fingerprint density at radius 1 is 0.905 bits per heavy atom. The third-order valence-electron chi connectivity index (χ3n) is 3.25. The molecule has 0 aromatic heterocycles. The van der Waals surface area contributed by atoms with E-state index in [1.165, 1.54) is 11.1 Å². The van der Waals surface area contributed by atoms with Crippen molar-refractivity contribution in [2.45, 2.75) is 26.7 Å². The molecule has 21 heavy (non-hydrogen) atoms. The Morgan fingerprint density at radius 2 is 1.38 bits per heavy atom. The van der Waals surface area contributed by atoms with Crippen LogP contribution >= 0.6 is 6.49 Å². The van der Waals surface area contributed by atoms with Gasteiger partial charge in [-0.05, 0) is 48.2 Å². The molecular weight excluding hydrogens is 299 g/mol. The van der Waals surface area contributed by atoms with Crippen LogP contribution in [0.5, 0.6) is 11.5 Å². The molecule has 0 heterocycles. The molecule has 0 fully saturated rings. The number of aromatic hydroxyl groups is 1. The summed E-state index contributed by atoms with van der Waals surface area (Å²) in [5, 5.41) is 0. The van der Waals surface area contributed by atoms with Gasteiger partial charge < -0.3 is 9.05 Å². The van der Waals surface area contributed by atoms with Gasteiger partial charge in [-0.3, -0.25) is 0 Å². The molecule has 2 aromatic rings. The van der Waals surface area contributed by atoms with Crippen LogP contribution in [0.2, 0.25) is 0 Å². The summed E-state index contributed by atoms with van der Waals surface area (Å²) >= 11 is 5.55. The fraction of sp³-hybridized carbons (Fsp3) is 0.294. The van der Waals surface area contributed by atoms with Gasteiger partial charge in [-0.2, -0.15) is 0 Å². The molecule has 0 bridgehead atoms. The standard InChI is InChI=1S/C17H21O2PS/c1-4-14-6-10-16(11-7-14)18-20(3,21)19-17-12-8-15(5-2)9-13-17/h6-13H,4-5H2,1-3H3/p+1. The Balaban J connectivity index is 2.04. The van der Waals surface area contributed by atoms with Crippen LogP contribution in [0, 0.1) is 0 Å². The second-order valence-electron chi connectivity index (χ2n) is 5.01. The van der Waals surface area contributed by atoms with E-state index in [1.54, 1.807) is 0 Å². The Kier molecular flexibility index (Phi) is 5.44. The van der Waals surface area contributed by atoms with Crippen molar-refractivity contribution in [1.82, 2.24) is 0 Å². The first kappa shape index (κ1) is 16.1. The maximum absolute atomic E-state index is 5.92. The van der Waals surface area contributed by atoms with Crippen LogP contribution in [-0.4, -0.2) is 11.2 Å². The zero-order valence-electron chi connectivity index (χ0n) is 12.7. The lowest BCUT2D eigenvalue weighted by atomic mass is 10.2. The summed E-state index contributed by atoms with van der Waals surface area (Å²) in [7, 11) is 0. The minimum atomic E-state index is -2.23. The highest BCUT2D eigenvalue weighted by molar-refractivity contribution is 8.09. The van der Waals surface area contributed by atoms with E-state index in [-0.39, 0.29) is 0 Å². The average Bonchev–Trinajstić information content (AvgIpc) is 2.48. The quantitative estimate of drug-likeness (QED) is 0.547. The van der Waals surface area contributed by atoms with E-state index in [0.29, 0.717) is 0 Å². The normalized spacial score (nSPS) is 13.5. The Bertz CT molecular complexity index is 567. The van der Waals surface area contributed by atoms with Gasteiger partial charge in [-0.25, -0.2) is 0 Å². The van der Waals surface area contributed by atoms with Gasteiger partial charge in [0.25, 0.3) is 5.75 Å². The smallest absolute Gasteiger partial charge is 0.420 e. The zero-order chi connectivity index (χ0) is 15.3. The molecule has 2 nitrogen and oxygen atoms in total. The number of hydrogen-bond donors (Lipinski definition) is 0. The van der Waals surface area contributed by atoms with Crippen LogP contribution in [0.3, 0.4) is 0 Å². The molecule has 0 aliphatic carbocycles. The highest BCUT2D eigenvalue weighted by Gasteiger charge is 2.21. The molecule has 0 radical (unpaired) electrons. The molecule has 2 rings (SSSR count). The lowest BCUT2D eigenvalue weighted by Crippen LogP contribution is -1.96. The van der Waals surface area contributed by atoms with Gasteiger partial charge in [0.15, 0.2) is 0 Å². The molecule has 1 atom stereocenters. The monoisotopic (exact) mass is 321 g/mol. The molecular formula is C17H22O2PS+. The maximum Gasteiger partial charge on any atom is 0.420 e. The first-order chi connectivity index (χ1) is 10.0. The van der Waals surface area contributed by atoms with E-state index in [2.05, 4.69) is 42.6 Å². The molecule has 1 N–H and O–H groups in total. The molecule has 0 saturated carbocycles. The Labute approximate surface area is 132 Å². The van der Waals surface area contributed by atoms with Gasteiger partial charge in [0.2, 0.25) is 0 Å². The summed E-state index contributed by atoms with van der Waals surface area (Å²) < 4.78 is 10.5. The fourth-order valence-electron chi connectivity index (χ4n) is 2.01. The number of benzene rings is 2. The summed E-state index contributed by atoms with van der Waals surface area (Å²) in [5.41, 5.74) is 2.59. The van der Waals surface area contributed by atoms with Crippen LogP contribution < -0.4 is 4.52 Å². The van der Waals surface area contributed by atoms with Gasteiger partial charge in [0.05, 0.1) is 6.66 Å². The van der Waals surface area contributed by atoms with Gasteiger partial charge in [0.1, 0.15) is 5.75 Å². The van der Waals surface area contributed by atoms with E-state index in [0.717, 1.165) is 24.3 Å². The van der Waals surface area contributed by atoms with Crippen molar-refractivity contribution in [3.63, 3.8) is 0 Å². The van der Waals surface area contributed by atoms with Gasteiger partial charge in [-0.1, -0.05) is 26.0 Å². The van der Waals surface area contributed by atoms with E-state index in [9.17, 15) is 0 Å². The van der Waals surface area contributed by atoms with Crippen molar-refractivity contribution in [2.24, 2.45) is 0 Å². The van der Waals surface area contributed by atoms with E-state index in [4.69, 9.17) is 16.3 Å². The largest absolute Gasteiger partial charge is 0.547 e. The lowest BCUT2D eigenvalue weighted by molar-refractivity contribution is 0.278. The molecule has 112 valence electrons. The Hall–Kier alpha value is -1.31. The topological polar surface area (TPSA) is 22.0 Å². The number of aryl methyl sites for hydroxylation is 2. The molecule has 1 unspecified atom stereocenters. The molecule has 2 aromatic carbocycles. The average molecular weight is 321 g/mol. The minimum absolute atomic E-state index is 0.798. The summed E-state index contributed by atoms with van der Waals surface area (Å²) in [6.45, 7) is 3.95. The second kappa shape index (κ2) is 7.11. The number of hydrogen-bond acceptors (Lipinski definition) is 2. The predicted octanol–water partition coefficient (Wildman–Crippen LogP) is 5.07. The first-order valence-corrected chi connectivity index (χ1v) is 10.3. The van der Waals surface area contributed by atoms with Crippen molar-refractivity contribution in [3.8, 4) is 11.5 Å². The molecule has 0 amide bonds. The van der Waals surface area contributed by atoms with Gasteiger partial charge in [-0.15, -0.1) is 0 Å². The van der Waals surface area contributed by atoms with Gasteiger partial charge >= 0.3 is 6.49 Å². The highest BCUT2D eigenvalue weighted by Crippen LogP contribution is 2.46. The van der Waals surface area contributed by atoms with E-state index in [1.807, 2.05) is 30.9 Å². The van der Waals surface area contributed by atoms with E-state index < -0.39 is 6.49 Å². The molecule has 0 saturated heterocycles. The molecule has 4 heteroatoms. The fourth-order valence-corrected chi connectivity index (χ4v) is 3.66. The third kappa shape index (κ3) is 4.87. The zero-order valence-corrected chi connectivity index (χ0v) is 14.5. The molecule has 0 aliphatic heterocycles. The third-order valence-corrected chi connectivity index (χ3v) is 4.86. The van der Waals surface area contributed by atoms with Crippen LogP contribution in [-0.2, 0) is 24.6 Å². The molecule has 0 aliphatic rings. The lowest BCUT2D eigenvalue weighted by Gasteiger charge is -2.17. The van der Waals surface area contributed by atoms with Gasteiger partial charge in [0, 0.05) is 23.9 Å². The Morgan fingerprint density at radius 3 is 1.86 bits per heavy atom. The SMILES string of the molecule is CCc1ccc(OP(C)(=S)[OH+]c2ccc(CC)cc2)cc1. The van der Waals surface area contributed by atoms with Crippen molar-refractivity contribution >= 4 is 18.3 Å². The van der Waals surface area contributed by atoms with Crippen LogP contribution in [0.25, 0.3) is 0 Å². The maximum atomic E-state index is 5.92. The van der Waals surface area contributed by atoms with Crippen LogP contribution in [0.15, 0.2) is 48.5 Å².